The number of non-ortho nitro benzene ring substituents is 1. The van der Waals surface area contributed by atoms with E-state index >= 15 is 0 Å². The number of benzene rings is 3. The van der Waals surface area contributed by atoms with E-state index in [1.54, 1.807) is 54.7 Å². The molecule has 0 saturated carbocycles. The molecule has 1 N–H and O–H groups in total. The maximum Gasteiger partial charge on any atom is 0.307 e. The molecule has 3 aromatic carbocycles. The number of aromatic nitrogens is 1. The van der Waals surface area contributed by atoms with Crippen molar-refractivity contribution in [2.75, 3.05) is 5.32 Å². The second kappa shape index (κ2) is 11.5. The highest BCUT2D eigenvalue weighted by Crippen LogP contribution is 2.29. The summed E-state index contributed by atoms with van der Waals surface area (Å²) in [5.41, 5.74) is 1.53. The Kier molecular flexibility index (Phi) is 7.99. The summed E-state index contributed by atoms with van der Waals surface area (Å²) in [6.45, 7) is 0. The van der Waals surface area contributed by atoms with Gasteiger partial charge in [0.1, 0.15) is 0 Å². The van der Waals surface area contributed by atoms with Gasteiger partial charge in [-0.05, 0) is 30.3 Å². The number of ether oxygens (including phenoxy) is 1. The lowest BCUT2D eigenvalue weighted by atomic mass is 9.99. The summed E-state index contributed by atoms with van der Waals surface area (Å²) < 4.78 is 6.31. The fourth-order valence-corrected chi connectivity index (χ4v) is 4.11. The van der Waals surface area contributed by atoms with Crippen LogP contribution in [0.3, 0.4) is 0 Å². The van der Waals surface area contributed by atoms with Gasteiger partial charge in [-0.15, -0.1) is 0 Å². The molecule has 0 aliphatic heterocycles. The summed E-state index contributed by atoms with van der Waals surface area (Å²) in [6, 6.07) is 20.6. The number of nitrogens with zero attached hydrogens (tertiary/aromatic N) is 2. The molecule has 1 amide bonds. The third-order valence-corrected chi connectivity index (χ3v) is 6.19. The summed E-state index contributed by atoms with van der Waals surface area (Å²) in [5.74, 6) is -1.67. The number of nitro benzene ring substituents is 1. The summed E-state index contributed by atoms with van der Waals surface area (Å²) in [4.78, 5) is 53.1. The number of carbonyl (C=O) groups is 3. The molecule has 0 spiro atoms. The van der Waals surface area contributed by atoms with E-state index in [-0.39, 0.29) is 24.1 Å². The number of hydrogen-bond donors (Lipinski definition) is 1. The van der Waals surface area contributed by atoms with E-state index in [1.165, 1.54) is 24.3 Å². The van der Waals surface area contributed by atoms with Gasteiger partial charge < -0.3 is 10.1 Å². The van der Waals surface area contributed by atoms with E-state index in [4.69, 9.17) is 4.74 Å². The van der Waals surface area contributed by atoms with Crippen molar-refractivity contribution in [2.24, 2.45) is 0 Å². The first-order valence-electron chi connectivity index (χ1n) is 11.2. The molecule has 0 bridgehead atoms. The molecule has 10 heteroatoms. The van der Waals surface area contributed by atoms with E-state index in [0.29, 0.717) is 16.8 Å². The van der Waals surface area contributed by atoms with Crippen molar-refractivity contribution in [3.05, 3.63) is 111 Å². The van der Waals surface area contributed by atoms with Crippen LogP contribution in [-0.4, -0.2) is 27.6 Å². The molecule has 0 aliphatic rings. The Morgan fingerprint density at radius 1 is 0.946 bits per heavy atom. The largest absolute Gasteiger partial charge is 0.449 e. The molecule has 186 valence electrons. The Bertz CT molecular complexity index is 1480. The summed E-state index contributed by atoms with van der Waals surface area (Å²) in [5, 5.41) is 14.6. The summed E-state index contributed by atoms with van der Waals surface area (Å²) in [7, 11) is 0. The topological polar surface area (TPSA) is 128 Å². The number of carbonyl (C=O) groups excluding carboxylic acids is 3. The monoisotopic (exact) mass is 561 g/mol. The van der Waals surface area contributed by atoms with Gasteiger partial charge in [-0.25, -0.2) is 0 Å². The highest BCUT2D eigenvalue weighted by Gasteiger charge is 2.27. The van der Waals surface area contributed by atoms with Crippen LogP contribution in [0.25, 0.3) is 10.9 Å². The molecule has 0 unspecified atom stereocenters. The zero-order valence-corrected chi connectivity index (χ0v) is 20.9. The van der Waals surface area contributed by atoms with Gasteiger partial charge in [-0.1, -0.05) is 52.3 Å². The average Bonchev–Trinajstić information content (AvgIpc) is 2.92. The molecule has 0 aliphatic carbocycles. The maximum atomic E-state index is 13.1. The molecule has 4 rings (SSSR count). The van der Waals surface area contributed by atoms with Crippen LogP contribution >= 0.6 is 15.9 Å². The first kappa shape index (κ1) is 25.6. The highest BCUT2D eigenvalue weighted by atomic mass is 79.9. The van der Waals surface area contributed by atoms with Gasteiger partial charge in [0.15, 0.2) is 6.10 Å². The number of Topliss-reactive ketones (excluding diaryl/α,β-unsaturated/α-hetero) is 1. The van der Waals surface area contributed by atoms with E-state index in [0.717, 1.165) is 9.86 Å². The normalized spacial score (nSPS) is 11.5. The first-order valence-corrected chi connectivity index (χ1v) is 12.0. The predicted molar refractivity (Wildman–Crippen MR) is 140 cm³/mol. The van der Waals surface area contributed by atoms with Crippen molar-refractivity contribution in [3.63, 3.8) is 0 Å². The molecular weight excluding hydrogens is 542 g/mol. The van der Waals surface area contributed by atoms with Gasteiger partial charge in [-0.2, -0.15) is 0 Å². The van der Waals surface area contributed by atoms with Gasteiger partial charge in [0, 0.05) is 45.7 Å². The Morgan fingerprint density at radius 3 is 2.38 bits per heavy atom. The number of nitro groups is 1. The average molecular weight is 562 g/mol. The highest BCUT2D eigenvalue weighted by molar-refractivity contribution is 9.10. The van der Waals surface area contributed by atoms with Gasteiger partial charge in [0.25, 0.3) is 5.69 Å². The molecule has 9 nitrogen and oxygen atoms in total. The Morgan fingerprint density at radius 2 is 1.68 bits per heavy atom. The van der Waals surface area contributed by atoms with Crippen LogP contribution in [0.4, 0.5) is 11.4 Å². The van der Waals surface area contributed by atoms with Crippen LogP contribution in [-0.2, 0) is 14.3 Å². The Balaban J connectivity index is 1.45. The third-order valence-electron chi connectivity index (χ3n) is 5.50. The fraction of sp³-hybridized carbons (Fsp3) is 0.111. The second-order valence-electron chi connectivity index (χ2n) is 7.99. The number of pyridine rings is 1. The lowest BCUT2D eigenvalue weighted by Crippen LogP contribution is -2.21. The molecule has 4 aromatic rings. The van der Waals surface area contributed by atoms with Gasteiger partial charge >= 0.3 is 5.97 Å². The molecule has 0 saturated heterocycles. The number of amides is 1. The molecular formula is C27H20BrN3O6. The second-order valence-corrected chi connectivity index (χ2v) is 8.85. The third kappa shape index (κ3) is 6.22. The minimum atomic E-state index is -1.32. The van der Waals surface area contributed by atoms with Gasteiger partial charge in [0.2, 0.25) is 11.7 Å². The number of fused-ring (bicyclic) bond motifs is 1. The number of hydrogen-bond acceptors (Lipinski definition) is 7. The lowest BCUT2D eigenvalue weighted by molar-refractivity contribution is -0.384. The number of esters is 1. The van der Waals surface area contributed by atoms with E-state index < -0.39 is 28.7 Å². The summed E-state index contributed by atoms with van der Waals surface area (Å²) in [6.07, 6.45) is -0.169. The number of halogens is 1. The van der Waals surface area contributed by atoms with Crippen molar-refractivity contribution in [1.82, 2.24) is 4.98 Å². The molecule has 1 aromatic heterocycles. The minimum absolute atomic E-state index is 0.160. The number of ketones is 1. The van der Waals surface area contributed by atoms with Gasteiger partial charge in [-0.3, -0.25) is 29.5 Å². The zero-order chi connectivity index (χ0) is 26.4. The smallest absolute Gasteiger partial charge is 0.307 e. The van der Waals surface area contributed by atoms with Crippen molar-refractivity contribution < 1.29 is 24.0 Å². The Labute approximate surface area is 219 Å². The first-order chi connectivity index (χ1) is 17.8. The van der Waals surface area contributed by atoms with E-state index in [9.17, 15) is 24.5 Å². The van der Waals surface area contributed by atoms with Crippen molar-refractivity contribution in [3.8, 4) is 0 Å². The molecule has 0 fully saturated rings. The quantitative estimate of drug-likeness (QED) is 0.118. The number of nitrogens with one attached hydrogen (secondary N) is 1. The number of anilines is 1. The van der Waals surface area contributed by atoms with Crippen molar-refractivity contribution in [2.45, 2.75) is 18.9 Å². The van der Waals surface area contributed by atoms with E-state index in [2.05, 4.69) is 26.2 Å². The molecule has 37 heavy (non-hydrogen) atoms. The van der Waals surface area contributed by atoms with Crippen LogP contribution in [0, 0.1) is 10.1 Å². The Hall–Kier alpha value is -4.44. The van der Waals surface area contributed by atoms with Gasteiger partial charge in [0.05, 0.1) is 22.5 Å². The lowest BCUT2D eigenvalue weighted by Gasteiger charge is -2.17. The van der Waals surface area contributed by atoms with E-state index in [1.807, 2.05) is 6.07 Å². The molecule has 1 heterocycles. The fourth-order valence-electron chi connectivity index (χ4n) is 3.65. The van der Waals surface area contributed by atoms with Crippen molar-refractivity contribution in [1.29, 1.82) is 0 Å². The van der Waals surface area contributed by atoms with Crippen LogP contribution in [0.2, 0.25) is 0 Å². The maximum absolute atomic E-state index is 13.1. The molecule has 1 atom stereocenters. The van der Waals surface area contributed by atoms with Crippen LogP contribution in [0.5, 0.6) is 0 Å². The number of rotatable bonds is 9. The predicted octanol–water partition coefficient (Wildman–Crippen LogP) is 5.79. The van der Waals surface area contributed by atoms with Crippen LogP contribution in [0.1, 0.15) is 34.9 Å². The van der Waals surface area contributed by atoms with Crippen LogP contribution in [0.15, 0.2) is 89.5 Å². The summed E-state index contributed by atoms with van der Waals surface area (Å²) >= 11 is 3.45. The zero-order valence-electron chi connectivity index (χ0n) is 19.3. The van der Waals surface area contributed by atoms with Crippen LogP contribution < -0.4 is 5.32 Å². The standard InChI is InChI=1S/C27H20BrN3O6/c28-21-12-13-22(25-20(21)7-4-16-29-25)30-23(32)14-15-24(33)37-27(26(34)17-5-2-1-3-6-17)18-8-10-19(11-9-18)31(35)36/h1-13,16,27H,14-15H2,(H,30,32)/t27-/m0/s1. The molecule has 0 radical (unpaired) electrons. The minimum Gasteiger partial charge on any atom is -0.449 e. The van der Waals surface area contributed by atoms with Crippen molar-refractivity contribution >= 4 is 55.9 Å². The SMILES string of the molecule is O=C(CCC(=O)O[C@H](C(=O)c1ccccc1)c1ccc([N+](=O)[O-])cc1)Nc1ccc(Br)c2cccnc12.